The van der Waals surface area contributed by atoms with Gasteiger partial charge in [-0.2, -0.15) is 12.6 Å². The van der Waals surface area contributed by atoms with Gasteiger partial charge in [-0.1, -0.05) is 13.8 Å². The van der Waals surface area contributed by atoms with Crippen LogP contribution in [-0.4, -0.2) is 76.1 Å². The Balaban J connectivity index is 2.88. The quantitative estimate of drug-likeness (QED) is 0.212. The monoisotopic (exact) mass is 431 g/mol. The number of hydrogen-bond acceptors (Lipinski definition) is 7. The predicted molar refractivity (Wildman–Crippen MR) is 107 cm³/mol. The molecular weight excluding hydrogens is 402 g/mol. The average Bonchev–Trinajstić information content (AvgIpc) is 3.12. The molecule has 0 aromatic carbocycles. The number of carbonyl (C=O) groups is 5. The number of primary amides is 1. The molecule has 11 nitrogen and oxygen atoms in total. The molecule has 1 saturated heterocycles. The first-order valence-electron chi connectivity index (χ1n) is 9.28. The van der Waals surface area contributed by atoms with Crippen LogP contribution in [0.2, 0.25) is 0 Å². The van der Waals surface area contributed by atoms with Crippen molar-refractivity contribution in [2.24, 2.45) is 17.4 Å². The van der Waals surface area contributed by atoms with Gasteiger partial charge in [0.05, 0.1) is 12.5 Å². The van der Waals surface area contributed by atoms with Gasteiger partial charge in [0.25, 0.3) is 0 Å². The minimum atomic E-state index is -1.50. The van der Waals surface area contributed by atoms with Crippen molar-refractivity contribution in [3.8, 4) is 0 Å². The molecule has 0 saturated carbocycles. The van der Waals surface area contributed by atoms with Crippen molar-refractivity contribution in [2.75, 3.05) is 12.3 Å². The van der Waals surface area contributed by atoms with Gasteiger partial charge in [-0.3, -0.25) is 19.2 Å². The topological polar surface area (TPSA) is 185 Å². The first-order chi connectivity index (χ1) is 13.5. The van der Waals surface area contributed by atoms with Crippen LogP contribution in [-0.2, 0) is 24.0 Å². The summed E-state index contributed by atoms with van der Waals surface area (Å²) in [6.07, 6.45) is 0.455. The summed E-state index contributed by atoms with van der Waals surface area (Å²) in [4.78, 5) is 61.3. The number of rotatable bonds is 10. The fourth-order valence-corrected chi connectivity index (χ4v) is 3.20. The van der Waals surface area contributed by atoms with Gasteiger partial charge in [-0.05, 0) is 18.8 Å². The Labute approximate surface area is 174 Å². The van der Waals surface area contributed by atoms with Crippen molar-refractivity contribution >= 4 is 42.2 Å². The number of carboxylic acids is 1. The molecule has 0 aromatic rings. The number of nitrogens with one attached hydrogen (secondary N) is 2. The average molecular weight is 432 g/mol. The smallest absolute Gasteiger partial charge is 0.326 e. The lowest BCUT2D eigenvalue weighted by Crippen LogP contribution is -2.58. The summed E-state index contributed by atoms with van der Waals surface area (Å²) < 4.78 is 0. The molecule has 4 atom stereocenters. The summed E-state index contributed by atoms with van der Waals surface area (Å²) in [5.74, 6) is -4.23. The highest BCUT2D eigenvalue weighted by molar-refractivity contribution is 7.80. The normalized spacial score (nSPS) is 19.3. The van der Waals surface area contributed by atoms with E-state index in [4.69, 9.17) is 16.6 Å². The number of nitrogens with two attached hydrogens (primary N) is 2. The molecule has 1 aliphatic heterocycles. The third-order valence-corrected chi connectivity index (χ3v) is 5.01. The fraction of sp³-hybridized carbons (Fsp3) is 0.706. The highest BCUT2D eigenvalue weighted by atomic mass is 32.1. The zero-order valence-corrected chi connectivity index (χ0v) is 17.4. The summed E-state index contributed by atoms with van der Waals surface area (Å²) in [5.41, 5.74) is 10.7. The van der Waals surface area contributed by atoms with Crippen molar-refractivity contribution in [1.29, 1.82) is 0 Å². The molecule has 164 valence electrons. The van der Waals surface area contributed by atoms with Gasteiger partial charge in [-0.25, -0.2) is 4.79 Å². The van der Waals surface area contributed by atoms with E-state index in [9.17, 15) is 24.0 Å². The van der Waals surface area contributed by atoms with E-state index in [0.29, 0.717) is 19.4 Å². The maximum atomic E-state index is 12.8. The van der Waals surface area contributed by atoms with E-state index in [1.54, 1.807) is 13.8 Å². The lowest BCUT2D eigenvalue weighted by Gasteiger charge is -2.29. The zero-order chi connectivity index (χ0) is 22.3. The van der Waals surface area contributed by atoms with Gasteiger partial charge in [0.15, 0.2) is 0 Å². The van der Waals surface area contributed by atoms with Crippen molar-refractivity contribution in [3.63, 3.8) is 0 Å². The fourth-order valence-electron chi connectivity index (χ4n) is 3.04. The summed E-state index contributed by atoms with van der Waals surface area (Å²) in [6, 6.07) is -4.17. The summed E-state index contributed by atoms with van der Waals surface area (Å²) in [6.45, 7) is 3.71. The van der Waals surface area contributed by atoms with Crippen LogP contribution < -0.4 is 22.1 Å². The molecule has 7 N–H and O–H groups in total. The lowest BCUT2D eigenvalue weighted by molar-refractivity contribution is -0.144. The van der Waals surface area contributed by atoms with Gasteiger partial charge >= 0.3 is 5.97 Å². The van der Waals surface area contributed by atoms with Gasteiger partial charge in [-0.15, -0.1) is 0 Å². The first kappa shape index (κ1) is 24.7. The second-order valence-electron chi connectivity index (χ2n) is 7.28. The van der Waals surface area contributed by atoms with Gasteiger partial charge in [0, 0.05) is 12.3 Å². The minimum Gasteiger partial charge on any atom is -0.480 e. The number of carbonyl (C=O) groups excluding carboxylic acids is 4. The second-order valence-corrected chi connectivity index (χ2v) is 7.64. The number of likely N-dealkylation sites (tertiary alicyclic amines) is 1. The predicted octanol–water partition coefficient (Wildman–Crippen LogP) is -2.18. The Morgan fingerprint density at radius 2 is 1.83 bits per heavy atom. The summed E-state index contributed by atoms with van der Waals surface area (Å²) >= 11 is 4.00. The van der Waals surface area contributed by atoms with E-state index in [1.807, 2.05) is 0 Å². The number of hydrogen-bond donors (Lipinski definition) is 6. The molecular formula is C17H29N5O6S. The molecule has 0 spiro atoms. The number of thiol groups is 1. The van der Waals surface area contributed by atoms with Gasteiger partial charge < -0.3 is 32.1 Å². The van der Waals surface area contributed by atoms with Crippen LogP contribution in [0.5, 0.6) is 0 Å². The van der Waals surface area contributed by atoms with Crippen molar-refractivity contribution in [2.45, 2.75) is 57.3 Å². The zero-order valence-electron chi connectivity index (χ0n) is 16.5. The summed E-state index contributed by atoms with van der Waals surface area (Å²) in [5, 5.41) is 14.0. The minimum absolute atomic E-state index is 0.136. The van der Waals surface area contributed by atoms with E-state index in [0.717, 1.165) is 0 Å². The largest absolute Gasteiger partial charge is 0.480 e. The maximum Gasteiger partial charge on any atom is 0.326 e. The standard InChI is InChI=1S/C17H29N5O6S/c1-8(2)13(15(25)20-10(17(27)28)6-12(19)23)21-14(24)11-4-3-5-22(11)16(26)9(18)7-29/h8-11,13,29H,3-7,18H2,1-2H3,(H2,19,23)(H,20,25)(H,21,24)(H,27,28). The Bertz CT molecular complexity index is 658. The Hall–Kier alpha value is -2.34. The molecule has 4 unspecified atom stereocenters. The van der Waals surface area contributed by atoms with Gasteiger partial charge in [0.2, 0.25) is 23.6 Å². The molecule has 1 fully saturated rings. The van der Waals surface area contributed by atoms with Gasteiger partial charge in [0.1, 0.15) is 18.1 Å². The Kier molecular flexibility index (Phi) is 9.37. The molecule has 0 aromatic heterocycles. The van der Waals surface area contributed by atoms with Crippen LogP contribution in [0.1, 0.15) is 33.1 Å². The summed E-state index contributed by atoms with van der Waals surface area (Å²) in [7, 11) is 0. The molecule has 1 heterocycles. The van der Waals surface area contributed by atoms with E-state index in [-0.39, 0.29) is 11.7 Å². The number of nitrogens with zero attached hydrogens (tertiary/aromatic N) is 1. The van der Waals surface area contributed by atoms with Crippen LogP contribution in [0.25, 0.3) is 0 Å². The van der Waals surface area contributed by atoms with Crippen molar-refractivity contribution in [1.82, 2.24) is 15.5 Å². The molecule has 0 radical (unpaired) electrons. The number of amides is 4. The third kappa shape index (κ3) is 6.89. The van der Waals surface area contributed by atoms with Crippen LogP contribution >= 0.6 is 12.6 Å². The molecule has 29 heavy (non-hydrogen) atoms. The lowest BCUT2D eigenvalue weighted by atomic mass is 10.0. The first-order valence-corrected chi connectivity index (χ1v) is 9.91. The molecule has 0 bridgehead atoms. The van der Waals surface area contributed by atoms with Crippen LogP contribution in [0.15, 0.2) is 0 Å². The molecule has 4 amide bonds. The van der Waals surface area contributed by atoms with Crippen molar-refractivity contribution < 1.29 is 29.1 Å². The van der Waals surface area contributed by atoms with E-state index in [1.165, 1.54) is 4.90 Å². The number of carboxylic acid groups (broad SMARTS) is 1. The number of aliphatic carboxylic acids is 1. The molecule has 12 heteroatoms. The van der Waals surface area contributed by atoms with E-state index in [2.05, 4.69) is 23.3 Å². The molecule has 0 aliphatic carbocycles. The SMILES string of the molecule is CC(C)C(NC(=O)C1CCCN1C(=O)C(N)CS)C(=O)NC(CC(N)=O)C(=O)O. The molecule has 1 aliphatic rings. The molecule has 1 rings (SSSR count). The maximum absolute atomic E-state index is 12.8. The highest BCUT2D eigenvalue weighted by Gasteiger charge is 2.38. The third-order valence-electron chi connectivity index (χ3n) is 4.62. The van der Waals surface area contributed by atoms with Crippen molar-refractivity contribution in [3.05, 3.63) is 0 Å². The van der Waals surface area contributed by atoms with E-state index < -0.39 is 60.2 Å². The highest BCUT2D eigenvalue weighted by Crippen LogP contribution is 2.19. The second kappa shape index (κ2) is 11.0. The van der Waals surface area contributed by atoms with E-state index >= 15 is 0 Å². The van der Waals surface area contributed by atoms with Crippen LogP contribution in [0, 0.1) is 5.92 Å². The Morgan fingerprint density at radius 3 is 2.31 bits per heavy atom. The Morgan fingerprint density at radius 1 is 1.21 bits per heavy atom. The van der Waals surface area contributed by atoms with Crippen LogP contribution in [0.3, 0.4) is 0 Å². The van der Waals surface area contributed by atoms with Crippen LogP contribution in [0.4, 0.5) is 0 Å².